The van der Waals surface area contributed by atoms with Gasteiger partial charge < -0.3 is 10.1 Å². The summed E-state index contributed by atoms with van der Waals surface area (Å²) in [5.74, 6) is 0.872. The Labute approximate surface area is 118 Å². The minimum atomic E-state index is 0.0278. The Bertz CT molecular complexity index is 542. The number of rotatable bonds is 4. The van der Waals surface area contributed by atoms with E-state index in [-0.39, 0.29) is 6.10 Å². The Balaban J connectivity index is 1.68. The molecule has 6 heteroatoms. The molecule has 3 rings (SSSR count). The molecule has 0 aliphatic carbocycles. The number of anilines is 1. The number of pyridine rings is 1. The lowest BCUT2D eigenvalue weighted by Crippen LogP contribution is -2.38. The summed E-state index contributed by atoms with van der Waals surface area (Å²) in [5.41, 5.74) is 2.11. The van der Waals surface area contributed by atoms with Crippen molar-refractivity contribution in [2.24, 2.45) is 0 Å². The summed E-state index contributed by atoms with van der Waals surface area (Å²) < 4.78 is 5.86. The van der Waals surface area contributed by atoms with Crippen LogP contribution in [0.3, 0.4) is 0 Å². The Morgan fingerprint density at radius 3 is 3.20 bits per heavy atom. The zero-order chi connectivity index (χ0) is 13.8. The summed E-state index contributed by atoms with van der Waals surface area (Å²) in [6, 6.07) is 7.98. The zero-order valence-electron chi connectivity index (χ0n) is 11.5. The molecule has 106 valence electrons. The number of H-pyrrole nitrogens is 1. The monoisotopic (exact) mass is 273 g/mol. The van der Waals surface area contributed by atoms with Gasteiger partial charge in [0, 0.05) is 38.6 Å². The molecule has 3 heterocycles. The number of ether oxygens (including phenoxy) is 1. The van der Waals surface area contributed by atoms with Gasteiger partial charge in [0.2, 0.25) is 0 Å². The second-order valence-corrected chi connectivity index (χ2v) is 4.87. The van der Waals surface area contributed by atoms with Crippen molar-refractivity contribution in [1.82, 2.24) is 20.1 Å². The van der Waals surface area contributed by atoms with E-state index in [1.54, 1.807) is 6.20 Å². The lowest BCUT2D eigenvalue weighted by molar-refractivity contribution is -0.0352. The van der Waals surface area contributed by atoms with Gasteiger partial charge in [0.05, 0.1) is 12.3 Å². The average molecular weight is 273 g/mol. The number of hydrogen-bond acceptors (Lipinski definition) is 5. The van der Waals surface area contributed by atoms with E-state index in [0.717, 1.165) is 43.4 Å². The highest BCUT2D eigenvalue weighted by Crippen LogP contribution is 2.22. The van der Waals surface area contributed by atoms with Gasteiger partial charge in [-0.1, -0.05) is 6.07 Å². The van der Waals surface area contributed by atoms with E-state index in [4.69, 9.17) is 4.74 Å². The molecule has 0 spiro atoms. The summed E-state index contributed by atoms with van der Waals surface area (Å²) in [5, 5.41) is 10.0. The predicted octanol–water partition coefficient (Wildman–Crippen LogP) is 1.42. The van der Waals surface area contributed by atoms with Crippen LogP contribution in [0, 0.1) is 0 Å². The van der Waals surface area contributed by atoms with E-state index in [2.05, 4.69) is 25.4 Å². The molecule has 1 aliphatic heterocycles. The van der Waals surface area contributed by atoms with Crippen LogP contribution < -0.4 is 5.32 Å². The molecule has 0 bridgehead atoms. The van der Waals surface area contributed by atoms with Gasteiger partial charge in [-0.15, -0.1) is 0 Å². The van der Waals surface area contributed by atoms with Crippen molar-refractivity contribution in [2.75, 3.05) is 32.1 Å². The van der Waals surface area contributed by atoms with Crippen molar-refractivity contribution in [3.05, 3.63) is 41.9 Å². The average Bonchev–Trinajstić information content (AvgIpc) is 3.00. The fraction of sp³-hybridized carbons (Fsp3) is 0.429. The fourth-order valence-electron chi connectivity index (χ4n) is 2.41. The number of hydrogen-bond donors (Lipinski definition) is 2. The molecule has 0 saturated carbocycles. The first kappa shape index (κ1) is 13.1. The number of aromatic nitrogens is 3. The van der Waals surface area contributed by atoms with Gasteiger partial charge in [0.15, 0.2) is 0 Å². The molecule has 2 aromatic heterocycles. The maximum absolute atomic E-state index is 5.86. The first-order chi connectivity index (χ1) is 9.85. The van der Waals surface area contributed by atoms with Gasteiger partial charge >= 0.3 is 0 Å². The molecule has 2 N–H and O–H groups in total. The molecule has 2 aromatic rings. The van der Waals surface area contributed by atoms with E-state index in [0.29, 0.717) is 0 Å². The summed E-state index contributed by atoms with van der Waals surface area (Å²) in [7, 11) is 1.87. The smallest absolute Gasteiger partial charge is 0.126 e. The minimum absolute atomic E-state index is 0.0278. The van der Waals surface area contributed by atoms with Crippen molar-refractivity contribution in [1.29, 1.82) is 0 Å². The lowest BCUT2D eigenvalue weighted by Gasteiger charge is -2.32. The van der Waals surface area contributed by atoms with Crippen molar-refractivity contribution >= 4 is 5.82 Å². The molecule has 1 saturated heterocycles. The van der Waals surface area contributed by atoms with Gasteiger partial charge in [0.1, 0.15) is 11.9 Å². The highest BCUT2D eigenvalue weighted by molar-refractivity contribution is 5.34. The van der Waals surface area contributed by atoms with E-state index in [1.807, 2.05) is 31.3 Å². The van der Waals surface area contributed by atoms with Crippen LogP contribution in [0.2, 0.25) is 0 Å². The van der Waals surface area contributed by atoms with Gasteiger partial charge in [-0.3, -0.25) is 10.00 Å². The SMILES string of the molecule is CNc1cccc(C2CN(Cc3ccn[nH]3)CCO2)n1. The molecule has 1 aliphatic rings. The molecule has 0 radical (unpaired) electrons. The van der Waals surface area contributed by atoms with E-state index in [1.165, 1.54) is 0 Å². The third-order valence-electron chi connectivity index (χ3n) is 3.46. The largest absolute Gasteiger partial charge is 0.373 e. The van der Waals surface area contributed by atoms with Crippen LogP contribution in [-0.2, 0) is 11.3 Å². The highest BCUT2D eigenvalue weighted by atomic mass is 16.5. The second kappa shape index (κ2) is 6.02. The standard InChI is InChI=1S/C14H19N5O/c1-15-14-4-2-3-12(17-14)13-10-19(7-8-20-13)9-11-5-6-16-18-11/h2-6,13H,7-10H2,1H3,(H,15,17)(H,16,18). The van der Waals surface area contributed by atoms with Crippen molar-refractivity contribution < 1.29 is 4.74 Å². The van der Waals surface area contributed by atoms with E-state index < -0.39 is 0 Å². The number of nitrogens with zero attached hydrogens (tertiary/aromatic N) is 3. The van der Waals surface area contributed by atoms with Crippen LogP contribution in [0.4, 0.5) is 5.82 Å². The number of morpholine rings is 1. The summed E-state index contributed by atoms with van der Waals surface area (Å²) in [4.78, 5) is 6.92. The second-order valence-electron chi connectivity index (χ2n) is 4.87. The Hall–Kier alpha value is -1.92. The summed E-state index contributed by atoms with van der Waals surface area (Å²) in [6.07, 6.45) is 1.81. The van der Waals surface area contributed by atoms with Gasteiger partial charge in [-0.05, 0) is 18.2 Å². The van der Waals surface area contributed by atoms with Crippen molar-refractivity contribution in [3.8, 4) is 0 Å². The van der Waals surface area contributed by atoms with Crippen LogP contribution >= 0.6 is 0 Å². The quantitative estimate of drug-likeness (QED) is 0.882. The van der Waals surface area contributed by atoms with Crippen LogP contribution in [0.25, 0.3) is 0 Å². The first-order valence-corrected chi connectivity index (χ1v) is 6.82. The summed E-state index contributed by atoms with van der Waals surface area (Å²) in [6.45, 7) is 3.37. The Morgan fingerprint density at radius 2 is 2.40 bits per heavy atom. The van der Waals surface area contributed by atoms with Gasteiger partial charge in [-0.2, -0.15) is 5.10 Å². The normalized spacial score (nSPS) is 19.9. The number of aromatic amines is 1. The molecule has 6 nitrogen and oxygen atoms in total. The fourth-order valence-corrected chi connectivity index (χ4v) is 2.41. The molecular formula is C14H19N5O. The third kappa shape index (κ3) is 2.97. The van der Waals surface area contributed by atoms with Crippen LogP contribution in [0.5, 0.6) is 0 Å². The van der Waals surface area contributed by atoms with Crippen LogP contribution in [0.15, 0.2) is 30.5 Å². The molecule has 1 unspecified atom stereocenters. The first-order valence-electron chi connectivity index (χ1n) is 6.82. The van der Waals surface area contributed by atoms with Crippen LogP contribution in [-0.4, -0.2) is 46.8 Å². The van der Waals surface area contributed by atoms with Crippen molar-refractivity contribution in [2.45, 2.75) is 12.6 Å². The van der Waals surface area contributed by atoms with Gasteiger partial charge in [-0.25, -0.2) is 4.98 Å². The predicted molar refractivity (Wildman–Crippen MR) is 76.3 cm³/mol. The Morgan fingerprint density at radius 1 is 1.45 bits per heavy atom. The maximum Gasteiger partial charge on any atom is 0.126 e. The molecule has 0 amide bonds. The molecule has 1 atom stereocenters. The van der Waals surface area contributed by atoms with E-state index >= 15 is 0 Å². The van der Waals surface area contributed by atoms with Crippen LogP contribution in [0.1, 0.15) is 17.5 Å². The minimum Gasteiger partial charge on any atom is -0.373 e. The summed E-state index contributed by atoms with van der Waals surface area (Å²) >= 11 is 0. The Kier molecular flexibility index (Phi) is 3.94. The topological polar surface area (TPSA) is 66.1 Å². The van der Waals surface area contributed by atoms with Crippen molar-refractivity contribution in [3.63, 3.8) is 0 Å². The maximum atomic E-state index is 5.86. The number of nitrogens with one attached hydrogen (secondary N) is 2. The molecular weight excluding hydrogens is 254 g/mol. The third-order valence-corrected chi connectivity index (χ3v) is 3.46. The molecule has 0 aromatic carbocycles. The van der Waals surface area contributed by atoms with Gasteiger partial charge in [0.25, 0.3) is 0 Å². The molecule has 20 heavy (non-hydrogen) atoms. The van der Waals surface area contributed by atoms with E-state index in [9.17, 15) is 0 Å². The lowest BCUT2D eigenvalue weighted by atomic mass is 10.2. The highest BCUT2D eigenvalue weighted by Gasteiger charge is 2.23. The molecule has 1 fully saturated rings. The zero-order valence-corrected chi connectivity index (χ0v) is 11.5.